The van der Waals surface area contributed by atoms with Gasteiger partial charge in [0.05, 0.1) is 0 Å². The topological polar surface area (TPSA) is 46.9 Å². The highest BCUT2D eigenvalue weighted by molar-refractivity contribution is 5.92. The van der Waals surface area contributed by atoms with Crippen molar-refractivity contribution in [3.05, 3.63) is 18.0 Å². The third-order valence-electron chi connectivity index (χ3n) is 2.01. The number of rotatable bonds is 5. The van der Waals surface area contributed by atoms with Gasteiger partial charge in [-0.15, -0.1) is 0 Å². The lowest BCUT2D eigenvalue weighted by molar-refractivity contribution is 0.0947. The van der Waals surface area contributed by atoms with Crippen molar-refractivity contribution in [1.82, 2.24) is 15.1 Å². The van der Waals surface area contributed by atoms with Crippen molar-refractivity contribution in [3.8, 4) is 0 Å². The fourth-order valence-electron chi connectivity index (χ4n) is 1.13. The Hall–Kier alpha value is -1.32. The average Bonchev–Trinajstić information content (AvgIpc) is 2.66. The minimum Gasteiger partial charge on any atom is -0.351 e. The Morgan fingerprint density at radius 3 is 2.93 bits per heavy atom. The molecule has 4 heteroatoms. The van der Waals surface area contributed by atoms with Crippen molar-refractivity contribution in [2.75, 3.05) is 6.54 Å². The van der Waals surface area contributed by atoms with E-state index >= 15 is 0 Å². The van der Waals surface area contributed by atoms with E-state index in [0.29, 0.717) is 5.69 Å². The molecule has 0 bridgehead atoms. The average molecular weight is 195 g/mol. The molecular formula is C10H17N3O. The van der Waals surface area contributed by atoms with Gasteiger partial charge < -0.3 is 5.32 Å². The first-order valence-electron chi connectivity index (χ1n) is 5.09. The Morgan fingerprint density at radius 2 is 2.36 bits per heavy atom. The molecule has 0 saturated carbocycles. The quantitative estimate of drug-likeness (QED) is 0.722. The molecular weight excluding hydrogens is 178 g/mol. The number of carbonyl (C=O) groups is 1. The summed E-state index contributed by atoms with van der Waals surface area (Å²) in [6.45, 7) is 5.61. The summed E-state index contributed by atoms with van der Waals surface area (Å²) in [4.78, 5) is 11.5. The zero-order valence-corrected chi connectivity index (χ0v) is 8.79. The Bertz CT molecular complexity index is 293. The molecule has 1 aromatic heterocycles. The minimum atomic E-state index is -0.0781. The molecule has 1 heterocycles. The van der Waals surface area contributed by atoms with Crippen molar-refractivity contribution in [2.45, 2.75) is 33.2 Å². The van der Waals surface area contributed by atoms with E-state index in [-0.39, 0.29) is 5.91 Å². The molecule has 0 atom stereocenters. The lowest BCUT2D eigenvalue weighted by Crippen LogP contribution is -2.24. The van der Waals surface area contributed by atoms with E-state index in [1.165, 1.54) is 0 Å². The maximum Gasteiger partial charge on any atom is 0.271 e. The Labute approximate surface area is 84.3 Å². The first-order valence-corrected chi connectivity index (χ1v) is 5.09. The van der Waals surface area contributed by atoms with Crippen LogP contribution in [-0.2, 0) is 6.54 Å². The monoisotopic (exact) mass is 195 g/mol. The van der Waals surface area contributed by atoms with Crippen molar-refractivity contribution >= 4 is 5.91 Å². The lowest BCUT2D eigenvalue weighted by atomic mass is 10.3. The molecule has 1 rings (SSSR count). The van der Waals surface area contributed by atoms with E-state index in [1.807, 2.05) is 13.1 Å². The van der Waals surface area contributed by atoms with Crippen LogP contribution < -0.4 is 5.32 Å². The second-order valence-corrected chi connectivity index (χ2v) is 3.17. The van der Waals surface area contributed by atoms with E-state index in [1.54, 1.807) is 10.7 Å². The van der Waals surface area contributed by atoms with Crippen LogP contribution in [0.1, 0.15) is 37.2 Å². The van der Waals surface area contributed by atoms with Crippen LogP contribution in [0.3, 0.4) is 0 Å². The summed E-state index contributed by atoms with van der Waals surface area (Å²) < 4.78 is 1.74. The number of unbranched alkanes of at least 4 members (excludes halogenated alkanes) is 1. The van der Waals surface area contributed by atoms with Crippen molar-refractivity contribution in [2.24, 2.45) is 0 Å². The Morgan fingerprint density at radius 1 is 1.57 bits per heavy atom. The number of nitrogens with zero attached hydrogens (tertiary/aromatic N) is 2. The molecule has 1 amide bonds. The molecule has 78 valence electrons. The fraction of sp³-hybridized carbons (Fsp3) is 0.600. The SMILES string of the molecule is CCCCNC(=O)c1ccn(CC)n1. The number of aryl methyl sites for hydroxylation is 1. The number of amides is 1. The van der Waals surface area contributed by atoms with Gasteiger partial charge in [-0.1, -0.05) is 13.3 Å². The van der Waals surface area contributed by atoms with Crippen LogP contribution in [0.15, 0.2) is 12.3 Å². The predicted molar refractivity (Wildman–Crippen MR) is 55.1 cm³/mol. The standard InChI is InChI=1S/C10H17N3O/c1-3-5-7-11-10(14)9-6-8-13(4-2)12-9/h6,8H,3-5,7H2,1-2H3,(H,11,14). The van der Waals surface area contributed by atoms with Gasteiger partial charge in [0, 0.05) is 19.3 Å². The summed E-state index contributed by atoms with van der Waals surface area (Å²) in [6.07, 6.45) is 3.92. The molecule has 14 heavy (non-hydrogen) atoms. The van der Waals surface area contributed by atoms with Crippen molar-refractivity contribution in [3.63, 3.8) is 0 Å². The molecule has 0 aromatic carbocycles. The maximum absolute atomic E-state index is 11.5. The number of carbonyl (C=O) groups excluding carboxylic acids is 1. The van der Waals surface area contributed by atoms with Crippen LogP contribution in [0.2, 0.25) is 0 Å². The maximum atomic E-state index is 11.5. The molecule has 1 aromatic rings. The van der Waals surface area contributed by atoms with Crippen LogP contribution in [0.5, 0.6) is 0 Å². The minimum absolute atomic E-state index is 0.0781. The van der Waals surface area contributed by atoms with Gasteiger partial charge in [-0.25, -0.2) is 0 Å². The van der Waals surface area contributed by atoms with Crippen LogP contribution >= 0.6 is 0 Å². The van der Waals surface area contributed by atoms with Gasteiger partial charge in [0.1, 0.15) is 5.69 Å². The van der Waals surface area contributed by atoms with E-state index in [9.17, 15) is 4.79 Å². The van der Waals surface area contributed by atoms with Gasteiger partial charge in [0.25, 0.3) is 5.91 Å². The van der Waals surface area contributed by atoms with Crippen LogP contribution in [0.25, 0.3) is 0 Å². The smallest absolute Gasteiger partial charge is 0.271 e. The largest absolute Gasteiger partial charge is 0.351 e. The van der Waals surface area contributed by atoms with Gasteiger partial charge in [-0.3, -0.25) is 9.48 Å². The lowest BCUT2D eigenvalue weighted by Gasteiger charge is -2.00. The van der Waals surface area contributed by atoms with Crippen LogP contribution in [-0.4, -0.2) is 22.2 Å². The van der Waals surface area contributed by atoms with E-state index < -0.39 is 0 Å². The van der Waals surface area contributed by atoms with E-state index in [4.69, 9.17) is 0 Å². The Kier molecular flexibility index (Phi) is 4.16. The van der Waals surface area contributed by atoms with Crippen molar-refractivity contribution < 1.29 is 4.79 Å². The highest BCUT2D eigenvalue weighted by atomic mass is 16.1. The second kappa shape index (κ2) is 5.42. The third kappa shape index (κ3) is 2.87. The molecule has 0 radical (unpaired) electrons. The number of hydrogen-bond acceptors (Lipinski definition) is 2. The van der Waals surface area contributed by atoms with Crippen LogP contribution in [0, 0.1) is 0 Å². The van der Waals surface area contributed by atoms with Gasteiger partial charge in [0.15, 0.2) is 0 Å². The molecule has 0 spiro atoms. The van der Waals surface area contributed by atoms with Gasteiger partial charge in [0.2, 0.25) is 0 Å². The zero-order valence-electron chi connectivity index (χ0n) is 8.79. The summed E-state index contributed by atoms with van der Waals surface area (Å²) >= 11 is 0. The molecule has 0 fully saturated rings. The van der Waals surface area contributed by atoms with Crippen LogP contribution in [0.4, 0.5) is 0 Å². The van der Waals surface area contributed by atoms with E-state index in [0.717, 1.165) is 25.9 Å². The highest BCUT2D eigenvalue weighted by Gasteiger charge is 2.07. The van der Waals surface area contributed by atoms with Crippen molar-refractivity contribution in [1.29, 1.82) is 0 Å². The first-order chi connectivity index (χ1) is 6.77. The van der Waals surface area contributed by atoms with Gasteiger partial charge >= 0.3 is 0 Å². The van der Waals surface area contributed by atoms with Gasteiger partial charge in [-0.05, 0) is 19.4 Å². The molecule has 1 N–H and O–H groups in total. The first kappa shape index (κ1) is 10.8. The number of hydrogen-bond donors (Lipinski definition) is 1. The second-order valence-electron chi connectivity index (χ2n) is 3.17. The zero-order chi connectivity index (χ0) is 10.4. The molecule has 0 unspecified atom stereocenters. The summed E-state index contributed by atoms with van der Waals surface area (Å²) in [5, 5.41) is 6.93. The molecule has 0 aliphatic carbocycles. The number of nitrogens with one attached hydrogen (secondary N) is 1. The molecule has 0 aliphatic heterocycles. The highest BCUT2D eigenvalue weighted by Crippen LogP contribution is 1.95. The molecule has 4 nitrogen and oxygen atoms in total. The summed E-state index contributed by atoms with van der Waals surface area (Å²) in [5.74, 6) is -0.0781. The summed E-state index contributed by atoms with van der Waals surface area (Å²) in [5.41, 5.74) is 0.503. The normalized spacial score (nSPS) is 10.1. The molecule has 0 saturated heterocycles. The van der Waals surface area contributed by atoms with Gasteiger partial charge in [-0.2, -0.15) is 5.10 Å². The predicted octanol–water partition coefficient (Wildman–Crippen LogP) is 1.43. The molecule has 0 aliphatic rings. The summed E-state index contributed by atoms with van der Waals surface area (Å²) in [7, 11) is 0. The van der Waals surface area contributed by atoms with E-state index in [2.05, 4.69) is 17.3 Å². The fourth-order valence-corrected chi connectivity index (χ4v) is 1.13. The third-order valence-corrected chi connectivity index (χ3v) is 2.01. The number of aromatic nitrogens is 2. The Balaban J connectivity index is 2.44. The summed E-state index contributed by atoms with van der Waals surface area (Å²) in [6, 6.07) is 1.74.